The molecule has 12 heteroatoms. The number of hydrogen-bond acceptors (Lipinski definition) is 6. The molecule has 1 spiro atoms. The van der Waals surface area contributed by atoms with Crippen LogP contribution in [0.15, 0.2) is 0 Å². The minimum Gasteiger partial charge on any atom is -0.456 e. The first-order chi connectivity index (χ1) is 12.3. The van der Waals surface area contributed by atoms with Crippen LogP contribution in [0.3, 0.4) is 0 Å². The van der Waals surface area contributed by atoms with Crippen molar-refractivity contribution in [2.24, 2.45) is 17.8 Å². The summed E-state index contributed by atoms with van der Waals surface area (Å²) < 4.78 is 101. The SMILES string of the molecule is O=C(OC12CC3CC(C1)C1(OCCO1)C(C3)C2)C(F)(C(F)(F)F)S(=O)(=O)O. The summed E-state index contributed by atoms with van der Waals surface area (Å²) in [5.41, 5.74) is -1.43. The molecule has 4 aliphatic carbocycles. The molecule has 0 aromatic rings. The Bertz CT molecular complexity index is 743. The highest BCUT2D eigenvalue weighted by atomic mass is 32.2. The second-order valence-electron chi connectivity index (χ2n) is 7.90. The Labute approximate surface area is 152 Å². The van der Waals surface area contributed by atoms with E-state index in [4.69, 9.17) is 18.8 Å². The van der Waals surface area contributed by atoms with Crippen LogP contribution in [0.1, 0.15) is 32.1 Å². The van der Waals surface area contributed by atoms with Crippen molar-refractivity contribution in [1.29, 1.82) is 0 Å². The lowest BCUT2D eigenvalue weighted by atomic mass is 9.51. The molecule has 1 aliphatic heterocycles. The molecule has 0 amide bonds. The Morgan fingerprint density at radius 3 is 2.00 bits per heavy atom. The van der Waals surface area contributed by atoms with Crippen LogP contribution in [0.25, 0.3) is 0 Å². The fourth-order valence-corrected chi connectivity index (χ4v) is 6.07. The van der Waals surface area contributed by atoms with Crippen LogP contribution in [-0.2, 0) is 29.1 Å². The molecule has 1 saturated heterocycles. The van der Waals surface area contributed by atoms with Crippen molar-refractivity contribution in [3.63, 3.8) is 0 Å². The molecule has 0 aromatic carbocycles. The van der Waals surface area contributed by atoms with Gasteiger partial charge in [-0.1, -0.05) is 0 Å². The van der Waals surface area contributed by atoms with E-state index >= 15 is 0 Å². The summed E-state index contributed by atoms with van der Waals surface area (Å²) in [4.78, 5) is 12.0. The van der Waals surface area contributed by atoms with Gasteiger partial charge in [0, 0.05) is 11.8 Å². The van der Waals surface area contributed by atoms with Crippen LogP contribution in [0.2, 0.25) is 0 Å². The van der Waals surface area contributed by atoms with Crippen LogP contribution < -0.4 is 0 Å². The Balaban J connectivity index is 1.63. The first-order valence-corrected chi connectivity index (χ1v) is 10.0. The summed E-state index contributed by atoms with van der Waals surface area (Å²) in [7, 11) is -6.44. The van der Waals surface area contributed by atoms with E-state index < -0.39 is 38.7 Å². The first kappa shape index (κ1) is 19.3. The third-order valence-electron chi connectivity index (χ3n) is 6.30. The van der Waals surface area contributed by atoms with Crippen LogP contribution in [-0.4, -0.2) is 54.7 Å². The molecule has 1 heterocycles. The molecule has 4 saturated carbocycles. The third kappa shape index (κ3) is 2.56. The number of halogens is 4. The highest BCUT2D eigenvalue weighted by molar-refractivity contribution is 7.88. The zero-order chi connectivity index (χ0) is 19.9. The van der Waals surface area contributed by atoms with E-state index in [0.717, 1.165) is 0 Å². The number of hydrogen-bond donors (Lipinski definition) is 1. The summed E-state index contributed by atoms with van der Waals surface area (Å²) in [5.74, 6) is -3.98. The molecular formula is C15H18F4O7S. The van der Waals surface area contributed by atoms with Gasteiger partial charge >= 0.3 is 27.3 Å². The molecule has 1 N–H and O–H groups in total. The summed E-state index contributed by atoms with van der Waals surface area (Å²) in [6.45, 7) is 0.768. The zero-order valence-corrected chi connectivity index (χ0v) is 14.8. The molecule has 5 rings (SSSR count). The standard InChI is InChI=1S/C15H18F4O7S/c16-14(15(17,18)19,27(21,22)23)11(20)26-12-5-8-3-9(6-12)13(10(4-8)7-12)24-1-2-25-13/h8-10H,1-7H2,(H,21,22,23). The van der Waals surface area contributed by atoms with Gasteiger partial charge in [0.1, 0.15) is 5.60 Å². The van der Waals surface area contributed by atoms with Crippen molar-refractivity contribution in [2.45, 2.75) is 54.7 Å². The fourth-order valence-electron chi connectivity index (χ4n) is 5.52. The van der Waals surface area contributed by atoms with Crippen LogP contribution in [0.5, 0.6) is 0 Å². The Morgan fingerprint density at radius 1 is 1.04 bits per heavy atom. The Kier molecular flexibility index (Phi) is 3.97. The maximum absolute atomic E-state index is 14.3. The van der Waals surface area contributed by atoms with Gasteiger partial charge in [0.05, 0.1) is 13.2 Å². The lowest BCUT2D eigenvalue weighted by Crippen LogP contribution is -2.66. The van der Waals surface area contributed by atoms with Gasteiger partial charge in [-0.2, -0.15) is 21.6 Å². The number of carbonyl (C=O) groups is 1. The van der Waals surface area contributed by atoms with Gasteiger partial charge in [-0.25, -0.2) is 9.18 Å². The van der Waals surface area contributed by atoms with E-state index in [9.17, 15) is 30.8 Å². The maximum Gasteiger partial charge on any atom is 0.451 e. The molecule has 27 heavy (non-hydrogen) atoms. The Morgan fingerprint density at radius 2 is 1.56 bits per heavy atom. The number of ether oxygens (including phenoxy) is 3. The second kappa shape index (κ2) is 5.55. The van der Waals surface area contributed by atoms with Gasteiger partial charge in [-0.15, -0.1) is 0 Å². The van der Waals surface area contributed by atoms with Crippen LogP contribution in [0, 0.1) is 17.8 Å². The summed E-state index contributed by atoms with van der Waals surface area (Å²) in [5, 5.41) is -5.53. The monoisotopic (exact) mass is 418 g/mol. The van der Waals surface area contributed by atoms with Crippen molar-refractivity contribution < 1.29 is 49.5 Å². The van der Waals surface area contributed by atoms with Crippen molar-refractivity contribution in [2.75, 3.05) is 13.2 Å². The molecule has 5 aliphatic rings. The molecule has 4 bridgehead atoms. The maximum atomic E-state index is 14.3. The van der Waals surface area contributed by atoms with Gasteiger partial charge in [0.25, 0.3) is 0 Å². The lowest BCUT2D eigenvalue weighted by Gasteiger charge is -2.62. The van der Waals surface area contributed by atoms with Crippen molar-refractivity contribution >= 4 is 16.1 Å². The minimum absolute atomic E-state index is 0.0272. The normalized spacial score (nSPS) is 39.5. The molecule has 3 unspecified atom stereocenters. The third-order valence-corrected chi connectivity index (χ3v) is 7.41. The fraction of sp³-hybridized carbons (Fsp3) is 0.933. The van der Waals surface area contributed by atoms with E-state index in [1.807, 2.05) is 0 Å². The molecule has 0 aromatic heterocycles. The average molecular weight is 418 g/mol. The van der Waals surface area contributed by atoms with Crippen LogP contribution in [0.4, 0.5) is 17.6 Å². The predicted molar refractivity (Wildman–Crippen MR) is 78.5 cm³/mol. The Hall–Kier alpha value is -0.980. The zero-order valence-electron chi connectivity index (χ0n) is 14.0. The largest absolute Gasteiger partial charge is 0.456 e. The van der Waals surface area contributed by atoms with Crippen LogP contribution >= 0.6 is 0 Å². The van der Waals surface area contributed by atoms with E-state index in [2.05, 4.69) is 0 Å². The minimum atomic E-state index is -6.44. The number of alkyl halides is 4. The number of carbonyl (C=O) groups excluding carboxylic acids is 1. The molecule has 154 valence electrons. The van der Waals surface area contributed by atoms with Crippen molar-refractivity contribution in [3.05, 3.63) is 0 Å². The predicted octanol–water partition coefficient (Wildman–Crippen LogP) is 1.97. The summed E-state index contributed by atoms with van der Waals surface area (Å²) in [6.07, 6.45) is -4.45. The highest BCUT2D eigenvalue weighted by Crippen LogP contribution is 2.63. The second-order valence-corrected chi connectivity index (χ2v) is 9.42. The van der Waals surface area contributed by atoms with Crippen molar-refractivity contribution in [1.82, 2.24) is 0 Å². The van der Waals surface area contributed by atoms with Gasteiger partial charge in [0.15, 0.2) is 5.79 Å². The first-order valence-electron chi connectivity index (χ1n) is 8.57. The number of rotatable bonds is 3. The van der Waals surface area contributed by atoms with Gasteiger partial charge in [0.2, 0.25) is 0 Å². The smallest absolute Gasteiger partial charge is 0.451 e. The lowest BCUT2D eigenvalue weighted by molar-refractivity contribution is -0.317. The molecule has 7 nitrogen and oxygen atoms in total. The van der Waals surface area contributed by atoms with Crippen molar-refractivity contribution in [3.8, 4) is 0 Å². The van der Waals surface area contributed by atoms with Gasteiger partial charge < -0.3 is 14.2 Å². The molecular weight excluding hydrogens is 400 g/mol. The number of esters is 1. The molecule has 3 atom stereocenters. The van der Waals surface area contributed by atoms with E-state index in [-0.39, 0.29) is 37.0 Å². The topological polar surface area (TPSA) is 99.1 Å². The molecule has 0 radical (unpaired) electrons. The van der Waals surface area contributed by atoms with Gasteiger partial charge in [-0.05, 0) is 38.0 Å². The van der Waals surface area contributed by atoms with E-state index in [0.29, 0.717) is 26.1 Å². The average Bonchev–Trinajstić information content (AvgIpc) is 2.99. The quantitative estimate of drug-likeness (QED) is 0.425. The van der Waals surface area contributed by atoms with E-state index in [1.54, 1.807) is 0 Å². The highest BCUT2D eigenvalue weighted by Gasteiger charge is 2.74. The molecule has 5 fully saturated rings. The summed E-state index contributed by atoms with van der Waals surface area (Å²) >= 11 is 0. The van der Waals surface area contributed by atoms with E-state index in [1.165, 1.54) is 0 Å². The van der Waals surface area contributed by atoms with Gasteiger partial charge in [-0.3, -0.25) is 4.55 Å². The summed E-state index contributed by atoms with van der Waals surface area (Å²) in [6, 6.07) is 0.